The number of nitrogens with zero attached hydrogens (tertiary/aromatic N) is 1. The predicted molar refractivity (Wildman–Crippen MR) is 134 cm³/mol. The summed E-state index contributed by atoms with van der Waals surface area (Å²) in [7, 11) is -7.18. The predicted octanol–water partition coefficient (Wildman–Crippen LogP) is 4.52. The lowest BCUT2D eigenvalue weighted by molar-refractivity contribution is 0.316. The van der Waals surface area contributed by atoms with Crippen LogP contribution in [0.5, 0.6) is 5.75 Å². The smallest absolute Gasteiger partial charge is 0.243 e. The highest BCUT2D eigenvalue weighted by molar-refractivity contribution is 7.92. The molecule has 1 saturated heterocycles. The molecule has 0 spiro atoms. The van der Waals surface area contributed by atoms with E-state index >= 15 is 0 Å². The van der Waals surface area contributed by atoms with E-state index in [0.717, 1.165) is 28.9 Å². The van der Waals surface area contributed by atoms with Crippen molar-refractivity contribution in [2.45, 2.75) is 37.2 Å². The van der Waals surface area contributed by atoms with E-state index in [2.05, 4.69) is 0 Å². The average molecular weight is 500 g/mol. The van der Waals surface area contributed by atoms with E-state index in [-0.39, 0.29) is 22.9 Å². The van der Waals surface area contributed by atoms with Gasteiger partial charge >= 0.3 is 0 Å². The second kappa shape index (κ2) is 10.3. The molecule has 180 valence electrons. The fourth-order valence-corrected chi connectivity index (χ4v) is 7.56. The fourth-order valence-electron chi connectivity index (χ4n) is 4.09. The number of rotatable bonds is 9. The SMILES string of the molecule is CCCOc1ccc(CN(C2CCS(=O)(=O)C2)S(=O)(=O)c2ccc(-c3ccccc3)cc2)cc1. The zero-order valence-corrected chi connectivity index (χ0v) is 20.8. The maximum absolute atomic E-state index is 13.7. The van der Waals surface area contributed by atoms with Crippen LogP contribution in [-0.4, -0.2) is 45.3 Å². The molecule has 0 amide bonds. The minimum Gasteiger partial charge on any atom is -0.494 e. The van der Waals surface area contributed by atoms with Crippen molar-refractivity contribution in [1.82, 2.24) is 4.31 Å². The largest absolute Gasteiger partial charge is 0.494 e. The Morgan fingerprint density at radius 1 is 0.912 bits per heavy atom. The van der Waals surface area contributed by atoms with Crippen LogP contribution in [0.2, 0.25) is 0 Å². The molecule has 1 aliphatic rings. The summed E-state index contributed by atoms with van der Waals surface area (Å²) in [5, 5.41) is 0. The van der Waals surface area contributed by atoms with Crippen LogP contribution >= 0.6 is 0 Å². The number of benzene rings is 3. The Morgan fingerprint density at radius 3 is 2.15 bits per heavy atom. The lowest BCUT2D eigenvalue weighted by Gasteiger charge is -2.27. The maximum Gasteiger partial charge on any atom is 0.243 e. The quantitative estimate of drug-likeness (QED) is 0.432. The standard InChI is InChI=1S/C26H29NO5S2/c1-2-17-32-25-12-8-21(9-13-25)19-27(24-16-18-33(28,29)20-24)34(30,31)26-14-10-23(11-15-26)22-6-4-3-5-7-22/h3-15,24H,2,16-20H2,1H3. The van der Waals surface area contributed by atoms with Gasteiger partial charge in [-0.05, 0) is 53.8 Å². The highest BCUT2D eigenvalue weighted by Crippen LogP contribution is 2.29. The maximum atomic E-state index is 13.7. The zero-order chi connectivity index (χ0) is 24.2. The van der Waals surface area contributed by atoms with Crippen LogP contribution in [-0.2, 0) is 26.4 Å². The molecule has 8 heteroatoms. The van der Waals surface area contributed by atoms with Gasteiger partial charge in [-0.1, -0.05) is 61.5 Å². The zero-order valence-electron chi connectivity index (χ0n) is 19.1. The van der Waals surface area contributed by atoms with Gasteiger partial charge in [-0.2, -0.15) is 4.31 Å². The Bertz CT molecular complexity index is 1300. The molecule has 3 aromatic carbocycles. The first-order chi connectivity index (χ1) is 16.3. The first-order valence-corrected chi connectivity index (χ1v) is 14.6. The monoisotopic (exact) mass is 499 g/mol. The fraction of sp³-hybridized carbons (Fsp3) is 0.308. The molecular formula is C26H29NO5S2. The number of hydrogen-bond acceptors (Lipinski definition) is 5. The van der Waals surface area contributed by atoms with E-state index in [9.17, 15) is 16.8 Å². The van der Waals surface area contributed by atoms with Crippen LogP contribution in [0.15, 0.2) is 83.8 Å². The molecule has 0 aromatic heterocycles. The lowest BCUT2D eigenvalue weighted by Crippen LogP contribution is -2.40. The van der Waals surface area contributed by atoms with E-state index in [4.69, 9.17) is 4.74 Å². The lowest BCUT2D eigenvalue weighted by atomic mass is 10.1. The Morgan fingerprint density at radius 2 is 1.56 bits per heavy atom. The van der Waals surface area contributed by atoms with Crippen molar-refractivity contribution in [2.75, 3.05) is 18.1 Å². The molecule has 4 rings (SSSR count). The number of sulfonamides is 1. The van der Waals surface area contributed by atoms with Gasteiger partial charge < -0.3 is 4.74 Å². The molecule has 1 fully saturated rings. The van der Waals surface area contributed by atoms with Crippen LogP contribution in [0.25, 0.3) is 11.1 Å². The minimum atomic E-state index is -3.92. The molecule has 6 nitrogen and oxygen atoms in total. The third-order valence-corrected chi connectivity index (χ3v) is 9.58. The van der Waals surface area contributed by atoms with Gasteiger partial charge in [0.25, 0.3) is 0 Å². The molecule has 0 bridgehead atoms. The van der Waals surface area contributed by atoms with Gasteiger partial charge in [0.1, 0.15) is 5.75 Å². The normalized spacial score (nSPS) is 17.6. The molecule has 0 aliphatic carbocycles. The van der Waals surface area contributed by atoms with E-state index in [1.54, 1.807) is 24.3 Å². The highest BCUT2D eigenvalue weighted by Gasteiger charge is 2.38. The van der Waals surface area contributed by atoms with Gasteiger partial charge in [-0.25, -0.2) is 16.8 Å². The van der Waals surface area contributed by atoms with Crippen molar-refractivity contribution in [2.24, 2.45) is 0 Å². The van der Waals surface area contributed by atoms with Gasteiger partial charge in [0.2, 0.25) is 10.0 Å². The van der Waals surface area contributed by atoms with Crippen molar-refractivity contribution in [3.05, 3.63) is 84.4 Å². The molecular weight excluding hydrogens is 470 g/mol. The molecule has 0 N–H and O–H groups in total. The number of sulfone groups is 1. The summed E-state index contributed by atoms with van der Waals surface area (Å²) in [6.45, 7) is 2.73. The average Bonchev–Trinajstić information content (AvgIpc) is 3.21. The summed E-state index contributed by atoms with van der Waals surface area (Å²) in [5.41, 5.74) is 2.69. The minimum absolute atomic E-state index is 0.000424. The van der Waals surface area contributed by atoms with E-state index in [1.165, 1.54) is 4.31 Å². The number of hydrogen-bond donors (Lipinski definition) is 0. The van der Waals surface area contributed by atoms with Gasteiger partial charge in [0.15, 0.2) is 9.84 Å². The summed E-state index contributed by atoms with van der Waals surface area (Å²) in [5.74, 6) is 0.562. The summed E-state index contributed by atoms with van der Waals surface area (Å²) < 4.78 is 58.7. The topological polar surface area (TPSA) is 80.8 Å². The number of ether oxygens (including phenoxy) is 1. The van der Waals surface area contributed by atoms with Gasteiger partial charge in [0.05, 0.1) is 23.0 Å². The van der Waals surface area contributed by atoms with Crippen molar-refractivity contribution in [1.29, 1.82) is 0 Å². The third-order valence-electron chi connectivity index (χ3n) is 5.92. The molecule has 1 heterocycles. The van der Waals surface area contributed by atoms with Crippen molar-refractivity contribution >= 4 is 19.9 Å². The van der Waals surface area contributed by atoms with Crippen molar-refractivity contribution in [3.63, 3.8) is 0 Å². The van der Waals surface area contributed by atoms with E-state index in [1.807, 2.05) is 61.5 Å². The highest BCUT2D eigenvalue weighted by atomic mass is 32.2. The molecule has 1 unspecified atom stereocenters. The first-order valence-electron chi connectivity index (χ1n) is 11.4. The van der Waals surface area contributed by atoms with Crippen LogP contribution in [0, 0.1) is 0 Å². The molecule has 1 aliphatic heterocycles. The molecule has 3 aromatic rings. The second-order valence-electron chi connectivity index (χ2n) is 8.49. The Labute approximate surface area is 202 Å². The Balaban J connectivity index is 1.62. The Hall–Kier alpha value is -2.68. The van der Waals surface area contributed by atoms with E-state index < -0.39 is 25.9 Å². The first kappa shape index (κ1) is 24.4. The summed E-state index contributed by atoms with van der Waals surface area (Å²) in [4.78, 5) is 0.152. The van der Waals surface area contributed by atoms with Gasteiger partial charge in [0, 0.05) is 12.6 Å². The summed E-state index contributed by atoms with van der Waals surface area (Å²) >= 11 is 0. The Kier molecular flexibility index (Phi) is 7.40. The van der Waals surface area contributed by atoms with Gasteiger partial charge in [-0.15, -0.1) is 0 Å². The second-order valence-corrected chi connectivity index (χ2v) is 12.6. The molecule has 34 heavy (non-hydrogen) atoms. The molecule has 0 radical (unpaired) electrons. The van der Waals surface area contributed by atoms with Crippen LogP contribution in [0.3, 0.4) is 0 Å². The molecule has 1 atom stereocenters. The van der Waals surface area contributed by atoms with Gasteiger partial charge in [-0.3, -0.25) is 0 Å². The van der Waals surface area contributed by atoms with Crippen molar-refractivity contribution in [3.8, 4) is 16.9 Å². The van der Waals surface area contributed by atoms with E-state index in [0.29, 0.717) is 13.0 Å². The van der Waals surface area contributed by atoms with Crippen LogP contribution in [0.4, 0.5) is 0 Å². The third kappa shape index (κ3) is 5.68. The summed E-state index contributed by atoms with van der Waals surface area (Å²) in [6.07, 6.45) is 1.19. The summed E-state index contributed by atoms with van der Waals surface area (Å²) in [6, 6.07) is 23.2. The van der Waals surface area contributed by atoms with Crippen molar-refractivity contribution < 1.29 is 21.6 Å². The molecule has 0 saturated carbocycles. The van der Waals surface area contributed by atoms with Crippen LogP contribution in [0.1, 0.15) is 25.3 Å². The van der Waals surface area contributed by atoms with Crippen LogP contribution < -0.4 is 4.74 Å².